The van der Waals surface area contributed by atoms with Gasteiger partial charge in [0, 0.05) is 5.02 Å². The number of esters is 1. The van der Waals surface area contributed by atoms with Crippen LogP contribution in [-0.2, 0) is 9.53 Å². The Bertz CT molecular complexity index is 1050. The predicted molar refractivity (Wildman–Crippen MR) is 116 cm³/mol. The maximum absolute atomic E-state index is 12.0. The molecule has 3 rings (SSSR count). The molecule has 1 aromatic heterocycles. The van der Waals surface area contributed by atoms with E-state index in [1.54, 1.807) is 49.4 Å². The highest BCUT2D eigenvalue weighted by molar-refractivity contribution is 6.31. The van der Waals surface area contributed by atoms with Crippen LogP contribution >= 0.6 is 11.6 Å². The van der Waals surface area contributed by atoms with E-state index in [0.29, 0.717) is 46.5 Å². The van der Waals surface area contributed by atoms with E-state index in [9.17, 15) is 4.79 Å². The molecule has 0 saturated heterocycles. The zero-order valence-corrected chi connectivity index (χ0v) is 17.8. The number of aromatic nitrogens is 2. The molecule has 0 aliphatic heterocycles. The number of halogens is 1. The largest absolute Gasteiger partial charge is 0.479 e. The van der Waals surface area contributed by atoms with Gasteiger partial charge in [-0.05, 0) is 69.7 Å². The van der Waals surface area contributed by atoms with Gasteiger partial charge in [0.25, 0.3) is 0 Å². The Morgan fingerprint density at radius 3 is 2.57 bits per heavy atom. The van der Waals surface area contributed by atoms with Gasteiger partial charge >= 0.3 is 5.97 Å². The fraction of sp³-hybridized carbons (Fsp3) is 0.261. The number of nitrogens with zero attached hydrogens (tertiary/aromatic N) is 2. The summed E-state index contributed by atoms with van der Waals surface area (Å²) in [4.78, 5) is 20.7. The third-order valence-corrected chi connectivity index (χ3v) is 4.32. The lowest BCUT2D eigenvalue weighted by atomic mass is 10.3. The number of rotatable bonds is 8. The van der Waals surface area contributed by atoms with Crippen molar-refractivity contribution in [2.24, 2.45) is 0 Å². The van der Waals surface area contributed by atoms with Crippen LogP contribution in [0.25, 0.3) is 11.0 Å². The van der Waals surface area contributed by atoms with E-state index in [1.807, 2.05) is 19.9 Å². The molecule has 1 atom stereocenters. The lowest BCUT2D eigenvalue weighted by Gasteiger charge is -2.14. The molecule has 7 heteroatoms. The first-order valence-corrected chi connectivity index (χ1v) is 9.95. The summed E-state index contributed by atoms with van der Waals surface area (Å²) in [6.07, 6.45) is 3.54. The Morgan fingerprint density at radius 2 is 1.83 bits per heavy atom. The van der Waals surface area contributed by atoms with Gasteiger partial charge in [-0.2, -0.15) is 0 Å². The molecule has 1 heterocycles. The van der Waals surface area contributed by atoms with Crippen molar-refractivity contribution in [1.82, 2.24) is 9.97 Å². The van der Waals surface area contributed by atoms with Gasteiger partial charge < -0.3 is 14.2 Å². The molecule has 0 amide bonds. The fourth-order valence-electron chi connectivity index (χ4n) is 2.60. The van der Waals surface area contributed by atoms with Crippen molar-refractivity contribution in [1.29, 1.82) is 0 Å². The van der Waals surface area contributed by atoms with Crippen molar-refractivity contribution >= 4 is 28.6 Å². The van der Waals surface area contributed by atoms with Crippen molar-refractivity contribution in [2.75, 3.05) is 6.61 Å². The maximum atomic E-state index is 12.0. The second-order valence-corrected chi connectivity index (χ2v) is 7.35. The average molecular weight is 427 g/mol. The van der Waals surface area contributed by atoms with Gasteiger partial charge in [-0.15, -0.1) is 0 Å². The predicted octanol–water partition coefficient (Wildman–Crippen LogP) is 5.74. The maximum Gasteiger partial charge on any atom is 0.347 e. The van der Waals surface area contributed by atoms with Crippen molar-refractivity contribution in [2.45, 2.75) is 33.3 Å². The van der Waals surface area contributed by atoms with E-state index in [-0.39, 0.29) is 0 Å². The van der Waals surface area contributed by atoms with Crippen LogP contribution in [0.15, 0.2) is 60.3 Å². The first-order valence-electron chi connectivity index (χ1n) is 9.57. The Morgan fingerprint density at radius 1 is 1.10 bits per heavy atom. The lowest BCUT2D eigenvalue weighted by Crippen LogP contribution is -2.26. The number of hydrogen-bond donors (Lipinski definition) is 0. The highest BCUT2D eigenvalue weighted by Crippen LogP contribution is 2.25. The third-order valence-electron chi connectivity index (χ3n) is 4.09. The topological polar surface area (TPSA) is 70.5 Å². The van der Waals surface area contributed by atoms with E-state index < -0.39 is 12.1 Å². The van der Waals surface area contributed by atoms with Crippen LogP contribution in [0.2, 0.25) is 5.02 Å². The van der Waals surface area contributed by atoms with Crippen LogP contribution in [0, 0.1) is 0 Å². The van der Waals surface area contributed by atoms with Gasteiger partial charge in [0.15, 0.2) is 6.10 Å². The van der Waals surface area contributed by atoms with Crippen molar-refractivity contribution in [3.8, 4) is 17.4 Å². The van der Waals surface area contributed by atoms with Gasteiger partial charge in [0.05, 0.1) is 23.8 Å². The van der Waals surface area contributed by atoms with E-state index in [1.165, 1.54) is 11.8 Å². The van der Waals surface area contributed by atoms with E-state index in [2.05, 4.69) is 9.97 Å². The molecule has 0 N–H and O–H groups in total. The lowest BCUT2D eigenvalue weighted by molar-refractivity contribution is -0.150. The van der Waals surface area contributed by atoms with Crippen LogP contribution in [0.3, 0.4) is 0 Å². The van der Waals surface area contributed by atoms with Crippen LogP contribution in [-0.4, -0.2) is 28.6 Å². The van der Waals surface area contributed by atoms with Gasteiger partial charge in [0.1, 0.15) is 11.5 Å². The molecule has 0 saturated carbocycles. The van der Waals surface area contributed by atoms with Crippen LogP contribution in [0.1, 0.15) is 27.2 Å². The van der Waals surface area contributed by atoms with Gasteiger partial charge in [-0.1, -0.05) is 23.3 Å². The minimum Gasteiger partial charge on any atom is -0.479 e. The number of fused-ring (bicyclic) bond motifs is 1. The molecular weight excluding hydrogens is 404 g/mol. The molecule has 156 valence electrons. The van der Waals surface area contributed by atoms with Crippen molar-refractivity contribution in [3.63, 3.8) is 0 Å². The SMILES string of the molecule is CC(C)=CCCOC(=O)[C@@H](C)Oc1ccc(Oc2cnc3cc(Cl)ccc3n2)cc1. The standard InChI is InChI=1S/C23H23ClN2O4/c1-15(2)5-4-12-28-23(27)16(3)29-18-7-9-19(10-8-18)30-22-14-25-21-13-17(24)6-11-20(21)26-22/h5-11,13-14,16H,4,12H2,1-3H3/t16-/m1/s1. The number of ether oxygens (including phenoxy) is 3. The normalized spacial score (nSPS) is 11.6. The Hall–Kier alpha value is -3.12. The molecule has 0 aliphatic rings. The second-order valence-electron chi connectivity index (χ2n) is 6.91. The molecule has 6 nitrogen and oxygen atoms in total. The van der Waals surface area contributed by atoms with E-state index >= 15 is 0 Å². The summed E-state index contributed by atoms with van der Waals surface area (Å²) in [5.74, 6) is 1.08. The smallest absolute Gasteiger partial charge is 0.347 e. The number of carbonyl (C=O) groups excluding carboxylic acids is 1. The molecule has 0 aliphatic carbocycles. The molecule has 30 heavy (non-hydrogen) atoms. The summed E-state index contributed by atoms with van der Waals surface area (Å²) < 4.78 is 16.6. The first-order chi connectivity index (χ1) is 14.4. The molecular formula is C23H23ClN2O4. The molecule has 0 fully saturated rings. The van der Waals surface area contributed by atoms with Crippen LogP contribution in [0.5, 0.6) is 17.4 Å². The minimum absolute atomic E-state index is 0.337. The highest BCUT2D eigenvalue weighted by atomic mass is 35.5. The van der Waals surface area contributed by atoms with Gasteiger partial charge in [-0.25, -0.2) is 14.8 Å². The molecule has 2 aromatic carbocycles. The summed E-state index contributed by atoms with van der Waals surface area (Å²) >= 11 is 5.96. The summed E-state index contributed by atoms with van der Waals surface area (Å²) in [5.41, 5.74) is 2.57. The molecule has 0 radical (unpaired) electrons. The Balaban J connectivity index is 1.55. The van der Waals surface area contributed by atoms with Crippen molar-refractivity contribution < 1.29 is 19.0 Å². The van der Waals surface area contributed by atoms with E-state index in [4.69, 9.17) is 25.8 Å². The Labute approximate surface area is 180 Å². The number of allylic oxidation sites excluding steroid dienone is 1. The highest BCUT2D eigenvalue weighted by Gasteiger charge is 2.16. The van der Waals surface area contributed by atoms with Crippen LogP contribution < -0.4 is 9.47 Å². The zero-order valence-electron chi connectivity index (χ0n) is 17.1. The first kappa shape index (κ1) is 21.6. The van der Waals surface area contributed by atoms with E-state index in [0.717, 1.165) is 0 Å². The summed E-state index contributed by atoms with van der Waals surface area (Å²) in [6, 6.07) is 12.2. The average Bonchev–Trinajstić information content (AvgIpc) is 2.72. The summed E-state index contributed by atoms with van der Waals surface area (Å²) in [6.45, 7) is 6.00. The number of hydrogen-bond acceptors (Lipinski definition) is 6. The molecule has 0 unspecified atom stereocenters. The van der Waals surface area contributed by atoms with Crippen LogP contribution in [0.4, 0.5) is 0 Å². The molecule has 0 spiro atoms. The monoisotopic (exact) mass is 426 g/mol. The van der Waals surface area contributed by atoms with Gasteiger partial charge in [0.2, 0.25) is 5.88 Å². The molecule has 3 aromatic rings. The van der Waals surface area contributed by atoms with Gasteiger partial charge in [-0.3, -0.25) is 0 Å². The number of benzene rings is 2. The minimum atomic E-state index is -0.707. The molecule has 0 bridgehead atoms. The quantitative estimate of drug-likeness (QED) is 0.260. The van der Waals surface area contributed by atoms with Crippen molar-refractivity contribution in [3.05, 3.63) is 65.3 Å². The Kier molecular flexibility index (Phi) is 7.25. The summed E-state index contributed by atoms with van der Waals surface area (Å²) in [5, 5.41) is 0.604. The fourth-order valence-corrected chi connectivity index (χ4v) is 2.77. The number of carbonyl (C=O) groups is 1. The second kappa shape index (κ2) is 10.1. The summed E-state index contributed by atoms with van der Waals surface area (Å²) in [7, 11) is 0. The third kappa shape index (κ3) is 6.19. The zero-order chi connectivity index (χ0) is 21.5.